The third-order valence-electron chi connectivity index (χ3n) is 3.26. The zero-order chi connectivity index (χ0) is 13.5. The highest BCUT2D eigenvalue weighted by molar-refractivity contribution is 5.75. The Kier molecular flexibility index (Phi) is 4.93. The molecule has 0 amide bonds. The topological polar surface area (TPSA) is 61.8 Å². The smallest absolute Gasteiger partial charge is 0.124 e. The summed E-state index contributed by atoms with van der Waals surface area (Å²) in [4.78, 5) is 4.52. The van der Waals surface area contributed by atoms with Crippen LogP contribution >= 0.6 is 0 Å². The lowest BCUT2D eigenvalue weighted by Gasteiger charge is -2.07. The average Bonchev–Trinajstić information content (AvgIpc) is 2.77. The number of nitrogens with zero attached hydrogens (tertiary/aromatic N) is 3. The lowest BCUT2D eigenvalue weighted by atomic mass is 10.2. The Morgan fingerprint density at radius 3 is 2.74 bits per heavy atom. The third-order valence-corrected chi connectivity index (χ3v) is 3.26. The van der Waals surface area contributed by atoms with E-state index in [2.05, 4.69) is 21.7 Å². The first-order valence-corrected chi connectivity index (χ1v) is 6.78. The second kappa shape index (κ2) is 6.91. The highest BCUT2D eigenvalue weighted by atomic mass is 16.2. The minimum atomic E-state index is 0.272. The number of hydrogen-bond acceptors (Lipinski definition) is 3. The number of fused-ring (bicyclic) bond motifs is 1. The fourth-order valence-electron chi connectivity index (χ4n) is 2.32. The number of aliphatic hydroxyl groups excluding tert-OH is 1. The third kappa shape index (κ3) is 3.33. The quantitative estimate of drug-likeness (QED) is 0.776. The number of imidazole rings is 1. The molecule has 4 nitrogen and oxygen atoms in total. The molecule has 1 heterocycles. The van der Waals surface area contributed by atoms with Crippen molar-refractivity contribution in [2.45, 2.75) is 38.6 Å². The van der Waals surface area contributed by atoms with Crippen molar-refractivity contribution in [2.75, 3.05) is 6.61 Å². The molecule has 0 bridgehead atoms. The summed E-state index contributed by atoms with van der Waals surface area (Å²) < 4.78 is 2.15. The number of benzene rings is 1. The summed E-state index contributed by atoms with van der Waals surface area (Å²) in [6.45, 7) is 1.16. The molecule has 0 aliphatic rings. The minimum Gasteiger partial charge on any atom is -0.396 e. The largest absolute Gasteiger partial charge is 0.396 e. The molecule has 0 saturated carbocycles. The predicted molar refractivity (Wildman–Crippen MR) is 74.6 cm³/mol. The van der Waals surface area contributed by atoms with Gasteiger partial charge >= 0.3 is 0 Å². The van der Waals surface area contributed by atoms with Crippen LogP contribution in [0, 0.1) is 11.3 Å². The van der Waals surface area contributed by atoms with Gasteiger partial charge < -0.3 is 9.67 Å². The highest BCUT2D eigenvalue weighted by Gasteiger charge is 2.09. The molecule has 19 heavy (non-hydrogen) atoms. The van der Waals surface area contributed by atoms with Crippen LogP contribution in [0.1, 0.15) is 31.5 Å². The summed E-state index contributed by atoms with van der Waals surface area (Å²) in [5, 5.41) is 17.6. The maximum absolute atomic E-state index is 8.88. The monoisotopic (exact) mass is 257 g/mol. The van der Waals surface area contributed by atoms with Crippen LogP contribution in [0.15, 0.2) is 24.3 Å². The fourth-order valence-corrected chi connectivity index (χ4v) is 2.32. The van der Waals surface area contributed by atoms with Gasteiger partial charge in [-0.1, -0.05) is 25.0 Å². The molecular weight excluding hydrogens is 238 g/mol. The first-order chi connectivity index (χ1) is 9.36. The molecule has 1 aromatic heterocycles. The molecule has 1 aromatic carbocycles. The van der Waals surface area contributed by atoms with Crippen LogP contribution in [-0.4, -0.2) is 21.3 Å². The molecule has 0 radical (unpaired) electrons. The van der Waals surface area contributed by atoms with Gasteiger partial charge in [-0.2, -0.15) is 5.26 Å². The van der Waals surface area contributed by atoms with Crippen LogP contribution in [0.4, 0.5) is 0 Å². The number of aliphatic hydroxyl groups is 1. The molecule has 0 saturated heterocycles. The molecule has 0 aliphatic heterocycles. The van der Waals surface area contributed by atoms with Crippen molar-refractivity contribution in [1.82, 2.24) is 9.55 Å². The Balaban J connectivity index is 2.10. The molecule has 100 valence electrons. The van der Waals surface area contributed by atoms with E-state index in [-0.39, 0.29) is 6.61 Å². The first kappa shape index (κ1) is 13.6. The average molecular weight is 257 g/mol. The van der Waals surface area contributed by atoms with Gasteiger partial charge in [0.1, 0.15) is 5.82 Å². The molecule has 1 N–H and O–H groups in total. The minimum absolute atomic E-state index is 0.272. The zero-order valence-corrected chi connectivity index (χ0v) is 11.0. The SMILES string of the molecule is N#CCc1nc2ccccc2n1CCCCCCO. The summed E-state index contributed by atoms with van der Waals surface area (Å²) in [7, 11) is 0. The van der Waals surface area contributed by atoms with Gasteiger partial charge in [0.05, 0.1) is 23.5 Å². The Labute approximate surface area is 113 Å². The number of nitriles is 1. The Hall–Kier alpha value is -1.86. The van der Waals surface area contributed by atoms with Crippen LogP contribution < -0.4 is 0 Å². The van der Waals surface area contributed by atoms with Crippen molar-refractivity contribution < 1.29 is 5.11 Å². The van der Waals surface area contributed by atoms with Gasteiger partial charge in [-0.25, -0.2) is 4.98 Å². The number of rotatable bonds is 7. The van der Waals surface area contributed by atoms with Crippen LogP contribution in [0.2, 0.25) is 0 Å². The predicted octanol–water partition coefficient (Wildman–Crippen LogP) is 2.66. The van der Waals surface area contributed by atoms with E-state index in [1.54, 1.807) is 0 Å². The zero-order valence-electron chi connectivity index (χ0n) is 11.0. The van der Waals surface area contributed by atoms with Crippen molar-refractivity contribution in [3.63, 3.8) is 0 Å². The molecule has 0 fully saturated rings. The molecule has 0 spiro atoms. The number of para-hydroxylation sites is 2. The van der Waals surface area contributed by atoms with Crippen LogP contribution in [0.5, 0.6) is 0 Å². The van der Waals surface area contributed by atoms with E-state index in [1.165, 1.54) is 0 Å². The van der Waals surface area contributed by atoms with Crippen molar-refractivity contribution >= 4 is 11.0 Å². The van der Waals surface area contributed by atoms with E-state index in [0.717, 1.165) is 49.1 Å². The lowest BCUT2D eigenvalue weighted by molar-refractivity contribution is 0.282. The molecule has 2 rings (SSSR count). The number of aryl methyl sites for hydroxylation is 1. The maximum atomic E-state index is 8.88. The molecule has 0 unspecified atom stereocenters. The van der Waals surface area contributed by atoms with Crippen molar-refractivity contribution in [2.24, 2.45) is 0 Å². The van der Waals surface area contributed by atoms with Gasteiger partial charge in [-0.05, 0) is 25.0 Å². The Morgan fingerprint density at radius 2 is 1.95 bits per heavy atom. The van der Waals surface area contributed by atoms with Crippen LogP contribution in [0.3, 0.4) is 0 Å². The van der Waals surface area contributed by atoms with Crippen molar-refractivity contribution in [3.8, 4) is 6.07 Å². The summed E-state index contributed by atoms with van der Waals surface area (Å²) in [6, 6.07) is 10.2. The van der Waals surface area contributed by atoms with E-state index in [1.807, 2.05) is 18.2 Å². The van der Waals surface area contributed by atoms with Crippen molar-refractivity contribution in [1.29, 1.82) is 5.26 Å². The number of hydrogen-bond donors (Lipinski definition) is 1. The van der Waals surface area contributed by atoms with E-state index < -0.39 is 0 Å². The lowest BCUT2D eigenvalue weighted by Crippen LogP contribution is -2.03. The van der Waals surface area contributed by atoms with Gasteiger partial charge in [0.15, 0.2) is 0 Å². The first-order valence-electron chi connectivity index (χ1n) is 6.78. The molecular formula is C15H19N3O. The summed E-state index contributed by atoms with van der Waals surface area (Å²) >= 11 is 0. The van der Waals surface area contributed by atoms with Gasteiger partial charge in [0.25, 0.3) is 0 Å². The Morgan fingerprint density at radius 1 is 1.16 bits per heavy atom. The highest BCUT2D eigenvalue weighted by Crippen LogP contribution is 2.17. The second-order valence-corrected chi connectivity index (χ2v) is 4.64. The molecule has 4 heteroatoms. The molecule has 0 aliphatic carbocycles. The second-order valence-electron chi connectivity index (χ2n) is 4.64. The molecule has 2 aromatic rings. The summed E-state index contributed by atoms with van der Waals surface area (Å²) in [5.74, 6) is 0.853. The van der Waals surface area contributed by atoms with E-state index >= 15 is 0 Å². The van der Waals surface area contributed by atoms with E-state index in [0.29, 0.717) is 6.42 Å². The number of unbranched alkanes of at least 4 members (excludes halogenated alkanes) is 3. The number of aromatic nitrogens is 2. The van der Waals surface area contributed by atoms with Crippen LogP contribution in [-0.2, 0) is 13.0 Å². The fraction of sp³-hybridized carbons (Fsp3) is 0.467. The van der Waals surface area contributed by atoms with Gasteiger partial charge in [-0.3, -0.25) is 0 Å². The van der Waals surface area contributed by atoms with E-state index in [9.17, 15) is 0 Å². The van der Waals surface area contributed by atoms with Gasteiger partial charge in [0.2, 0.25) is 0 Å². The molecule has 0 atom stereocenters. The van der Waals surface area contributed by atoms with Crippen molar-refractivity contribution in [3.05, 3.63) is 30.1 Å². The summed E-state index contributed by atoms with van der Waals surface area (Å²) in [6.07, 6.45) is 4.43. The Bertz CT molecular complexity index is 568. The maximum Gasteiger partial charge on any atom is 0.124 e. The van der Waals surface area contributed by atoms with Gasteiger partial charge in [-0.15, -0.1) is 0 Å². The standard InChI is InChI=1S/C15H19N3O/c16-10-9-15-17-13-7-3-4-8-14(13)18(15)11-5-1-2-6-12-19/h3-4,7-8,19H,1-2,5-6,9,11-12H2. The summed E-state index contributed by atoms with van der Waals surface area (Å²) in [5.41, 5.74) is 2.07. The van der Waals surface area contributed by atoms with Gasteiger partial charge in [0, 0.05) is 13.2 Å². The van der Waals surface area contributed by atoms with Crippen LogP contribution in [0.25, 0.3) is 11.0 Å². The van der Waals surface area contributed by atoms with E-state index in [4.69, 9.17) is 10.4 Å². The normalized spacial score (nSPS) is 10.7.